The van der Waals surface area contributed by atoms with E-state index >= 15 is 0 Å². The van der Waals surface area contributed by atoms with E-state index in [2.05, 4.69) is 10.0 Å². The topological polar surface area (TPSA) is 113 Å². The summed E-state index contributed by atoms with van der Waals surface area (Å²) < 4.78 is 27.6. The molecule has 8 nitrogen and oxygen atoms in total. The van der Waals surface area contributed by atoms with Crippen molar-refractivity contribution in [1.29, 1.82) is 0 Å². The number of rotatable bonds is 8. The Morgan fingerprint density at radius 3 is 2.43 bits per heavy atom. The number of benzene rings is 2. The lowest BCUT2D eigenvalue weighted by Gasteiger charge is -2.14. The molecule has 0 saturated carbocycles. The Kier molecular flexibility index (Phi) is 6.73. The average Bonchev–Trinajstić information content (AvgIpc) is 3.02. The molecule has 2 aromatic carbocycles. The van der Waals surface area contributed by atoms with E-state index in [1.807, 2.05) is 0 Å². The van der Waals surface area contributed by atoms with Gasteiger partial charge in [0.15, 0.2) is 0 Å². The van der Waals surface area contributed by atoms with Crippen LogP contribution in [0.25, 0.3) is 0 Å². The van der Waals surface area contributed by atoms with E-state index in [1.54, 1.807) is 18.2 Å². The maximum Gasteiger partial charge on any atom is 0.261 e. The van der Waals surface area contributed by atoms with Crippen molar-refractivity contribution < 1.29 is 22.8 Å². The van der Waals surface area contributed by atoms with Crippen molar-refractivity contribution in [1.82, 2.24) is 10.2 Å². The monoisotopic (exact) mass is 449 g/mol. The van der Waals surface area contributed by atoms with Crippen LogP contribution in [-0.2, 0) is 19.6 Å². The highest BCUT2D eigenvalue weighted by Gasteiger charge is 2.28. The molecular weight excluding hydrogens is 430 g/mol. The molecule has 10 heteroatoms. The zero-order chi connectivity index (χ0) is 21.7. The quantitative estimate of drug-likeness (QED) is 0.474. The molecule has 1 saturated heterocycles. The highest BCUT2D eigenvalue weighted by atomic mass is 35.5. The number of nitrogens with zero attached hydrogens (tertiary/aromatic N) is 1. The number of halogens is 1. The normalized spacial score (nSPS) is 14.1. The van der Waals surface area contributed by atoms with Gasteiger partial charge in [-0.05, 0) is 42.8 Å². The molecule has 3 amide bonds. The maximum absolute atomic E-state index is 12.6. The van der Waals surface area contributed by atoms with Gasteiger partial charge < -0.3 is 5.32 Å². The van der Waals surface area contributed by atoms with Gasteiger partial charge in [-0.15, -0.1) is 0 Å². The first-order valence-corrected chi connectivity index (χ1v) is 11.1. The maximum atomic E-state index is 12.6. The average molecular weight is 450 g/mol. The number of likely N-dealkylation sites (tertiary alicyclic amines) is 1. The first-order valence-electron chi connectivity index (χ1n) is 9.26. The van der Waals surface area contributed by atoms with Gasteiger partial charge in [0.1, 0.15) is 0 Å². The number of carbonyl (C=O) groups is 3. The highest BCUT2D eigenvalue weighted by molar-refractivity contribution is 7.92. The van der Waals surface area contributed by atoms with Crippen LogP contribution >= 0.6 is 11.6 Å². The molecule has 0 aliphatic carbocycles. The highest BCUT2D eigenvalue weighted by Crippen LogP contribution is 2.20. The van der Waals surface area contributed by atoms with E-state index < -0.39 is 15.9 Å². The van der Waals surface area contributed by atoms with Crippen LogP contribution in [0.2, 0.25) is 5.02 Å². The van der Waals surface area contributed by atoms with Crippen LogP contribution < -0.4 is 10.0 Å². The molecule has 1 aliphatic heterocycles. The minimum atomic E-state index is -3.90. The van der Waals surface area contributed by atoms with Crippen LogP contribution in [0.4, 0.5) is 5.69 Å². The van der Waals surface area contributed by atoms with E-state index in [9.17, 15) is 22.8 Å². The molecule has 0 unspecified atom stereocenters. The van der Waals surface area contributed by atoms with Crippen molar-refractivity contribution >= 4 is 45.0 Å². The molecule has 0 atom stereocenters. The van der Waals surface area contributed by atoms with E-state index in [0.717, 1.165) is 0 Å². The Labute approximate surface area is 179 Å². The third-order valence-electron chi connectivity index (χ3n) is 4.48. The zero-order valence-corrected chi connectivity index (χ0v) is 17.5. The number of imide groups is 1. The second-order valence-electron chi connectivity index (χ2n) is 6.69. The first-order chi connectivity index (χ1) is 14.3. The van der Waals surface area contributed by atoms with Crippen LogP contribution in [0.15, 0.2) is 53.4 Å². The van der Waals surface area contributed by atoms with Crippen molar-refractivity contribution in [2.75, 3.05) is 17.8 Å². The second kappa shape index (κ2) is 9.27. The van der Waals surface area contributed by atoms with Crippen LogP contribution in [0.1, 0.15) is 29.6 Å². The van der Waals surface area contributed by atoms with Crippen LogP contribution in [-0.4, -0.2) is 44.1 Å². The van der Waals surface area contributed by atoms with Crippen molar-refractivity contribution in [3.05, 3.63) is 59.1 Å². The van der Waals surface area contributed by atoms with Gasteiger partial charge in [0.05, 0.1) is 10.6 Å². The SMILES string of the molecule is O=C(NCCCN1C(=O)CCC1=O)c1cccc(S(=O)(=O)Nc2cccc(Cl)c2)c1. The Morgan fingerprint density at radius 1 is 1.03 bits per heavy atom. The summed E-state index contributed by atoms with van der Waals surface area (Å²) in [6.45, 7) is 0.490. The third-order valence-corrected chi connectivity index (χ3v) is 6.10. The number of hydrogen-bond acceptors (Lipinski definition) is 5. The molecule has 30 heavy (non-hydrogen) atoms. The van der Waals surface area contributed by atoms with E-state index in [1.165, 1.54) is 35.2 Å². The predicted octanol–water partition coefficient (Wildman–Crippen LogP) is 2.41. The van der Waals surface area contributed by atoms with Gasteiger partial charge in [-0.1, -0.05) is 23.7 Å². The molecule has 3 rings (SSSR count). The van der Waals surface area contributed by atoms with Crippen LogP contribution in [0, 0.1) is 0 Å². The van der Waals surface area contributed by atoms with Gasteiger partial charge in [0.25, 0.3) is 15.9 Å². The second-order valence-corrected chi connectivity index (χ2v) is 8.81. The molecule has 1 fully saturated rings. The molecule has 1 heterocycles. The third kappa shape index (κ3) is 5.37. The summed E-state index contributed by atoms with van der Waals surface area (Å²) in [5.74, 6) is -0.846. The smallest absolute Gasteiger partial charge is 0.261 e. The fourth-order valence-corrected chi connectivity index (χ4v) is 4.27. The standard InChI is InChI=1S/C20H20ClN3O5S/c21-15-5-2-6-16(13-15)23-30(28,29)17-7-1-4-14(12-17)20(27)22-10-3-11-24-18(25)8-9-19(24)26/h1-2,4-7,12-13,23H,3,8-11H2,(H,22,27). The summed E-state index contributed by atoms with van der Waals surface area (Å²) in [5.41, 5.74) is 0.487. The molecule has 1 aliphatic rings. The summed E-state index contributed by atoms with van der Waals surface area (Å²) in [4.78, 5) is 36.6. The molecular formula is C20H20ClN3O5S. The van der Waals surface area contributed by atoms with Crippen molar-refractivity contribution in [3.63, 3.8) is 0 Å². The molecule has 0 aromatic heterocycles. The molecule has 158 valence electrons. The molecule has 2 N–H and O–H groups in total. The lowest BCUT2D eigenvalue weighted by molar-refractivity contribution is -0.138. The lowest BCUT2D eigenvalue weighted by Crippen LogP contribution is -2.33. The summed E-state index contributed by atoms with van der Waals surface area (Å²) in [6.07, 6.45) is 0.878. The van der Waals surface area contributed by atoms with Crippen molar-refractivity contribution in [2.24, 2.45) is 0 Å². The van der Waals surface area contributed by atoms with Crippen molar-refractivity contribution in [3.8, 4) is 0 Å². The number of nitrogens with one attached hydrogen (secondary N) is 2. The molecule has 2 aromatic rings. The van der Waals surface area contributed by atoms with Gasteiger partial charge in [0.2, 0.25) is 11.8 Å². The minimum Gasteiger partial charge on any atom is -0.352 e. The van der Waals surface area contributed by atoms with Gasteiger partial charge in [-0.2, -0.15) is 0 Å². The Balaban J connectivity index is 1.59. The van der Waals surface area contributed by atoms with E-state index in [0.29, 0.717) is 17.1 Å². The number of amides is 3. The number of sulfonamides is 1. The van der Waals surface area contributed by atoms with Crippen LogP contribution in [0.3, 0.4) is 0 Å². The lowest BCUT2D eigenvalue weighted by atomic mass is 10.2. The van der Waals surface area contributed by atoms with Crippen molar-refractivity contribution in [2.45, 2.75) is 24.2 Å². The largest absolute Gasteiger partial charge is 0.352 e. The van der Waals surface area contributed by atoms with Crippen LogP contribution in [0.5, 0.6) is 0 Å². The summed E-state index contributed by atoms with van der Waals surface area (Å²) in [5, 5.41) is 3.06. The fraction of sp³-hybridized carbons (Fsp3) is 0.250. The molecule has 0 radical (unpaired) electrons. The molecule has 0 bridgehead atoms. The predicted molar refractivity (Wildman–Crippen MR) is 112 cm³/mol. The Bertz CT molecular complexity index is 1070. The Morgan fingerprint density at radius 2 is 1.73 bits per heavy atom. The fourth-order valence-electron chi connectivity index (χ4n) is 2.98. The minimum absolute atomic E-state index is 0.0663. The van der Waals surface area contributed by atoms with Gasteiger partial charge >= 0.3 is 0 Å². The van der Waals surface area contributed by atoms with E-state index in [-0.39, 0.29) is 48.2 Å². The number of carbonyl (C=O) groups excluding carboxylic acids is 3. The van der Waals surface area contributed by atoms with E-state index in [4.69, 9.17) is 11.6 Å². The molecule has 0 spiro atoms. The number of anilines is 1. The summed E-state index contributed by atoms with van der Waals surface area (Å²) >= 11 is 5.88. The Hall–Kier alpha value is -2.91. The van der Waals surface area contributed by atoms with Gasteiger partial charge in [-0.3, -0.25) is 24.0 Å². The first kappa shape index (κ1) is 21.8. The number of hydrogen-bond donors (Lipinski definition) is 2. The van der Waals surface area contributed by atoms with Gasteiger partial charge in [-0.25, -0.2) is 8.42 Å². The zero-order valence-electron chi connectivity index (χ0n) is 15.9. The summed E-state index contributed by atoms with van der Waals surface area (Å²) in [7, 11) is -3.90. The van der Waals surface area contributed by atoms with Gasteiger partial charge in [0, 0.05) is 36.5 Å². The summed E-state index contributed by atoms with van der Waals surface area (Å²) in [6, 6.07) is 11.9.